The Kier molecular flexibility index (Phi) is 7.33. The van der Waals surface area contributed by atoms with E-state index in [4.69, 9.17) is 23.2 Å². The van der Waals surface area contributed by atoms with Gasteiger partial charge in [-0.2, -0.15) is 4.31 Å². The van der Waals surface area contributed by atoms with Crippen LogP contribution in [-0.2, 0) is 27.8 Å². The summed E-state index contributed by atoms with van der Waals surface area (Å²) in [6.45, 7) is 2.02. The second-order valence-corrected chi connectivity index (χ2v) is 9.82. The molecule has 0 atom stereocenters. The molecule has 0 saturated carbocycles. The van der Waals surface area contributed by atoms with Gasteiger partial charge in [0.2, 0.25) is 15.9 Å². The standard InChI is InChI=1S/C22H21Cl2N3O3S/c1-15-12-20(23)19(22(24)25-15)13-21(28)26-17-8-10-18(11-9-17)31(29,30)27(2)14-16-6-4-3-5-7-16/h3-12H,13-14H2,1-2H3,(H,26,28). The molecule has 0 unspecified atom stereocenters. The van der Waals surface area contributed by atoms with Crippen molar-refractivity contribution < 1.29 is 13.2 Å². The third kappa shape index (κ3) is 5.83. The quantitative estimate of drug-likeness (QED) is 0.500. The first-order chi connectivity index (χ1) is 14.7. The van der Waals surface area contributed by atoms with Crippen molar-refractivity contribution in [3.05, 3.63) is 87.7 Å². The lowest BCUT2D eigenvalue weighted by Gasteiger charge is -2.17. The molecule has 0 radical (unpaired) electrons. The highest BCUT2D eigenvalue weighted by Gasteiger charge is 2.21. The molecule has 6 nitrogen and oxygen atoms in total. The second kappa shape index (κ2) is 9.78. The minimum absolute atomic E-state index is 0.0508. The summed E-state index contributed by atoms with van der Waals surface area (Å²) in [4.78, 5) is 16.6. The van der Waals surface area contributed by atoms with Crippen molar-refractivity contribution >= 4 is 44.8 Å². The Balaban J connectivity index is 1.67. The van der Waals surface area contributed by atoms with Crippen LogP contribution < -0.4 is 5.32 Å². The molecule has 162 valence electrons. The third-order valence-electron chi connectivity index (χ3n) is 4.58. The van der Waals surface area contributed by atoms with E-state index in [2.05, 4.69) is 10.3 Å². The maximum absolute atomic E-state index is 12.8. The first-order valence-electron chi connectivity index (χ1n) is 9.38. The zero-order chi connectivity index (χ0) is 22.6. The normalized spacial score (nSPS) is 11.5. The Hall–Kier alpha value is -2.45. The van der Waals surface area contributed by atoms with Crippen LogP contribution in [0.2, 0.25) is 10.2 Å². The Morgan fingerprint density at radius 1 is 1.06 bits per heavy atom. The predicted molar refractivity (Wildman–Crippen MR) is 123 cm³/mol. The van der Waals surface area contributed by atoms with Crippen LogP contribution in [-0.4, -0.2) is 30.7 Å². The number of nitrogens with one attached hydrogen (secondary N) is 1. The topological polar surface area (TPSA) is 79.4 Å². The van der Waals surface area contributed by atoms with Gasteiger partial charge in [0.25, 0.3) is 0 Å². The van der Waals surface area contributed by atoms with E-state index in [0.717, 1.165) is 5.56 Å². The summed E-state index contributed by atoms with van der Waals surface area (Å²) in [6, 6.07) is 17.0. The lowest BCUT2D eigenvalue weighted by molar-refractivity contribution is -0.115. The molecule has 2 aromatic carbocycles. The number of nitrogens with zero attached hydrogens (tertiary/aromatic N) is 2. The van der Waals surface area contributed by atoms with E-state index in [1.165, 1.54) is 35.6 Å². The summed E-state index contributed by atoms with van der Waals surface area (Å²) < 4.78 is 26.9. The summed E-state index contributed by atoms with van der Waals surface area (Å²) in [5.41, 5.74) is 2.45. The van der Waals surface area contributed by atoms with Gasteiger partial charge in [0.05, 0.1) is 11.3 Å². The van der Waals surface area contributed by atoms with Gasteiger partial charge in [-0.3, -0.25) is 4.79 Å². The van der Waals surface area contributed by atoms with Crippen molar-refractivity contribution in [1.29, 1.82) is 0 Å². The van der Waals surface area contributed by atoms with E-state index in [0.29, 0.717) is 22.0 Å². The summed E-state index contributed by atoms with van der Waals surface area (Å²) in [7, 11) is -2.14. The molecule has 0 aliphatic heterocycles. The number of aromatic nitrogens is 1. The van der Waals surface area contributed by atoms with Gasteiger partial charge in [0, 0.05) is 35.6 Å². The van der Waals surface area contributed by atoms with Crippen molar-refractivity contribution in [1.82, 2.24) is 9.29 Å². The van der Waals surface area contributed by atoms with Crippen molar-refractivity contribution in [2.45, 2.75) is 24.8 Å². The van der Waals surface area contributed by atoms with E-state index >= 15 is 0 Å². The summed E-state index contributed by atoms with van der Waals surface area (Å²) in [5.74, 6) is -0.341. The molecule has 1 N–H and O–H groups in total. The number of hydrogen-bond acceptors (Lipinski definition) is 4. The van der Waals surface area contributed by atoms with Crippen LogP contribution in [0.5, 0.6) is 0 Å². The van der Waals surface area contributed by atoms with Gasteiger partial charge in [-0.1, -0.05) is 53.5 Å². The average molecular weight is 478 g/mol. The fraction of sp³-hybridized carbons (Fsp3) is 0.182. The van der Waals surface area contributed by atoms with Crippen LogP contribution in [0.15, 0.2) is 65.6 Å². The van der Waals surface area contributed by atoms with Crippen LogP contribution in [0, 0.1) is 6.92 Å². The largest absolute Gasteiger partial charge is 0.326 e. The molecule has 0 fully saturated rings. The number of benzene rings is 2. The van der Waals surface area contributed by atoms with E-state index < -0.39 is 10.0 Å². The van der Waals surface area contributed by atoms with Gasteiger partial charge >= 0.3 is 0 Å². The van der Waals surface area contributed by atoms with Crippen molar-refractivity contribution in [3.63, 3.8) is 0 Å². The molecular weight excluding hydrogens is 457 g/mol. The number of halogens is 2. The third-order valence-corrected chi connectivity index (χ3v) is 7.05. The lowest BCUT2D eigenvalue weighted by Crippen LogP contribution is -2.26. The van der Waals surface area contributed by atoms with Gasteiger partial charge in [-0.15, -0.1) is 0 Å². The van der Waals surface area contributed by atoms with E-state index in [9.17, 15) is 13.2 Å². The predicted octanol–water partition coefficient (Wildman–Crippen LogP) is 4.70. The summed E-state index contributed by atoms with van der Waals surface area (Å²) in [5, 5.41) is 3.27. The highest BCUT2D eigenvalue weighted by atomic mass is 35.5. The maximum atomic E-state index is 12.8. The van der Waals surface area contributed by atoms with Gasteiger partial charge < -0.3 is 5.32 Å². The number of rotatable bonds is 7. The highest BCUT2D eigenvalue weighted by Crippen LogP contribution is 2.25. The minimum atomic E-state index is -3.67. The minimum Gasteiger partial charge on any atom is -0.326 e. The zero-order valence-corrected chi connectivity index (χ0v) is 19.3. The van der Waals surface area contributed by atoms with Gasteiger partial charge in [0.1, 0.15) is 5.15 Å². The van der Waals surface area contributed by atoms with E-state index in [-0.39, 0.29) is 28.9 Å². The molecule has 1 aromatic heterocycles. The molecule has 0 aliphatic rings. The molecule has 9 heteroatoms. The number of pyridine rings is 1. The molecule has 1 amide bonds. The molecule has 0 saturated heterocycles. The summed E-state index contributed by atoms with van der Waals surface area (Å²) in [6.07, 6.45) is -0.0508. The van der Waals surface area contributed by atoms with Crippen LogP contribution in [0.1, 0.15) is 16.8 Å². The van der Waals surface area contributed by atoms with Gasteiger partial charge in [-0.05, 0) is 42.8 Å². The number of anilines is 1. The van der Waals surface area contributed by atoms with E-state index in [1.807, 2.05) is 30.3 Å². The first kappa shape index (κ1) is 23.2. The Morgan fingerprint density at radius 3 is 2.32 bits per heavy atom. The monoisotopic (exact) mass is 477 g/mol. The SMILES string of the molecule is Cc1cc(Cl)c(CC(=O)Nc2ccc(S(=O)(=O)N(C)Cc3ccccc3)cc2)c(Cl)n1. The maximum Gasteiger partial charge on any atom is 0.243 e. The first-order valence-corrected chi connectivity index (χ1v) is 11.6. The smallest absolute Gasteiger partial charge is 0.243 e. The Morgan fingerprint density at radius 2 is 1.71 bits per heavy atom. The van der Waals surface area contributed by atoms with Gasteiger partial charge in [0.15, 0.2) is 0 Å². The highest BCUT2D eigenvalue weighted by molar-refractivity contribution is 7.89. The van der Waals surface area contributed by atoms with Crippen LogP contribution in [0.3, 0.4) is 0 Å². The summed E-state index contributed by atoms with van der Waals surface area (Å²) >= 11 is 12.3. The van der Waals surface area contributed by atoms with Crippen LogP contribution in [0.4, 0.5) is 5.69 Å². The second-order valence-electron chi connectivity index (χ2n) is 7.01. The molecule has 0 aliphatic carbocycles. The van der Waals surface area contributed by atoms with Crippen molar-refractivity contribution in [2.75, 3.05) is 12.4 Å². The molecule has 3 aromatic rings. The molecule has 1 heterocycles. The molecule has 3 rings (SSSR count). The molecule has 0 bridgehead atoms. The van der Waals surface area contributed by atoms with E-state index in [1.54, 1.807) is 13.0 Å². The molecule has 0 spiro atoms. The van der Waals surface area contributed by atoms with Gasteiger partial charge in [-0.25, -0.2) is 13.4 Å². The van der Waals surface area contributed by atoms with Crippen molar-refractivity contribution in [3.8, 4) is 0 Å². The number of hydrogen-bond donors (Lipinski definition) is 1. The lowest BCUT2D eigenvalue weighted by atomic mass is 10.2. The molecular formula is C22H21Cl2N3O3S. The number of carbonyl (C=O) groups excluding carboxylic acids is 1. The number of amides is 1. The number of carbonyl (C=O) groups is 1. The molecule has 31 heavy (non-hydrogen) atoms. The van der Waals surface area contributed by atoms with Crippen LogP contribution in [0.25, 0.3) is 0 Å². The zero-order valence-electron chi connectivity index (χ0n) is 17.0. The Labute approximate surface area is 191 Å². The number of aryl methyl sites for hydroxylation is 1. The van der Waals surface area contributed by atoms with Crippen molar-refractivity contribution in [2.24, 2.45) is 0 Å². The average Bonchev–Trinajstić information content (AvgIpc) is 2.72. The fourth-order valence-corrected chi connectivity index (χ4v) is 4.79. The van der Waals surface area contributed by atoms with Crippen LogP contribution >= 0.6 is 23.2 Å². The number of sulfonamides is 1. The Bertz CT molecular complexity index is 1160. The fourth-order valence-electron chi connectivity index (χ4n) is 2.96.